The number of nitrogens with one attached hydrogen (secondary N) is 1. The molecule has 3 N–H and O–H groups in total. The number of aromatic nitrogens is 4. The van der Waals surface area contributed by atoms with Crippen molar-refractivity contribution in [3.8, 4) is 11.4 Å². The van der Waals surface area contributed by atoms with Gasteiger partial charge in [-0.15, -0.1) is 0 Å². The lowest BCUT2D eigenvalue weighted by molar-refractivity contribution is 1.20. The van der Waals surface area contributed by atoms with Crippen LogP contribution in [0.2, 0.25) is 0 Å². The summed E-state index contributed by atoms with van der Waals surface area (Å²) in [6.07, 6.45) is 3.18. The molecule has 2 aromatic heterocycles. The number of aryl methyl sites for hydroxylation is 1. The molecule has 5 nitrogen and oxygen atoms in total. The summed E-state index contributed by atoms with van der Waals surface area (Å²) in [7, 11) is 0. The molecular formula is C12H11N5. The second-order valence-corrected chi connectivity index (χ2v) is 3.88. The lowest BCUT2D eigenvalue weighted by Gasteiger charge is -2.05. The molecule has 0 radical (unpaired) electrons. The van der Waals surface area contributed by atoms with Gasteiger partial charge in [0.1, 0.15) is 17.7 Å². The number of fused-ring (bicyclic) bond motifs is 1. The summed E-state index contributed by atoms with van der Waals surface area (Å²) in [5, 5.41) is 0. The van der Waals surface area contributed by atoms with E-state index >= 15 is 0 Å². The number of H-pyrrole nitrogens is 1. The highest BCUT2D eigenvalue weighted by atomic mass is 15.0. The minimum atomic E-state index is 0.651. The highest BCUT2D eigenvalue weighted by molar-refractivity contribution is 5.81. The monoisotopic (exact) mass is 225 g/mol. The second-order valence-electron chi connectivity index (χ2n) is 3.88. The topological polar surface area (TPSA) is 80.5 Å². The number of rotatable bonds is 1. The third kappa shape index (κ3) is 1.52. The lowest BCUT2D eigenvalue weighted by Crippen LogP contribution is -1.93. The minimum Gasteiger partial charge on any atom is -0.398 e. The molecule has 0 saturated heterocycles. The molecule has 17 heavy (non-hydrogen) atoms. The molecule has 1 aromatic carbocycles. The highest BCUT2D eigenvalue weighted by Crippen LogP contribution is 2.27. The van der Waals surface area contributed by atoms with Crippen LogP contribution in [-0.2, 0) is 0 Å². The van der Waals surface area contributed by atoms with Crippen LogP contribution in [0.25, 0.3) is 22.6 Å². The van der Waals surface area contributed by atoms with Crippen molar-refractivity contribution < 1.29 is 0 Å². The van der Waals surface area contributed by atoms with E-state index in [4.69, 9.17) is 5.73 Å². The van der Waals surface area contributed by atoms with E-state index in [0.29, 0.717) is 11.3 Å². The van der Waals surface area contributed by atoms with Crippen LogP contribution in [0.5, 0.6) is 0 Å². The van der Waals surface area contributed by atoms with Gasteiger partial charge in [0.2, 0.25) is 0 Å². The van der Waals surface area contributed by atoms with Gasteiger partial charge in [-0.1, -0.05) is 12.1 Å². The van der Waals surface area contributed by atoms with Crippen molar-refractivity contribution in [3.63, 3.8) is 0 Å². The van der Waals surface area contributed by atoms with Crippen molar-refractivity contribution >= 4 is 16.9 Å². The summed E-state index contributed by atoms with van der Waals surface area (Å²) in [6, 6.07) is 5.79. The Morgan fingerprint density at radius 1 is 1.29 bits per heavy atom. The maximum Gasteiger partial charge on any atom is 0.181 e. The summed E-state index contributed by atoms with van der Waals surface area (Å²) in [6.45, 7) is 2.00. The van der Waals surface area contributed by atoms with Crippen molar-refractivity contribution in [2.24, 2.45) is 0 Å². The Kier molecular flexibility index (Phi) is 2.04. The van der Waals surface area contributed by atoms with E-state index in [1.54, 1.807) is 6.20 Å². The average Bonchev–Trinajstić information content (AvgIpc) is 2.71. The van der Waals surface area contributed by atoms with E-state index in [0.717, 1.165) is 22.5 Å². The lowest BCUT2D eigenvalue weighted by atomic mass is 10.1. The standard InChI is InChI=1S/C12H11N5/c1-7-3-2-4-8(13)10(7)12-16-9-5-14-6-15-11(9)17-12/h2-6H,13H2,1H3,(H,14,15,16,17). The zero-order valence-electron chi connectivity index (χ0n) is 9.31. The molecule has 0 aliphatic rings. The Morgan fingerprint density at radius 2 is 2.18 bits per heavy atom. The smallest absolute Gasteiger partial charge is 0.181 e. The molecule has 2 heterocycles. The number of nitrogens with zero attached hydrogens (tertiary/aromatic N) is 3. The summed E-state index contributed by atoms with van der Waals surface area (Å²) < 4.78 is 0. The molecule has 3 rings (SSSR count). The van der Waals surface area contributed by atoms with Gasteiger partial charge in [-0.05, 0) is 18.6 Å². The Morgan fingerprint density at radius 3 is 2.94 bits per heavy atom. The van der Waals surface area contributed by atoms with Crippen LogP contribution in [0, 0.1) is 6.92 Å². The van der Waals surface area contributed by atoms with Crippen molar-refractivity contribution in [1.29, 1.82) is 0 Å². The van der Waals surface area contributed by atoms with Crippen LogP contribution in [0.15, 0.2) is 30.7 Å². The Hall–Kier alpha value is -2.43. The van der Waals surface area contributed by atoms with Gasteiger partial charge in [0, 0.05) is 11.3 Å². The number of anilines is 1. The summed E-state index contributed by atoms with van der Waals surface area (Å²) >= 11 is 0. The fourth-order valence-electron chi connectivity index (χ4n) is 1.89. The van der Waals surface area contributed by atoms with E-state index in [1.165, 1.54) is 6.33 Å². The quantitative estimate of drug-likeness (QED) is 0.620. The SMILES string of the molecule is Cc1cccc(N)c1-c1nc2ncncc2[nH]1. The van der Waals surface area contributed by atoms with Gasteiger partial charge in [-0.3, -0.25) is 0 Å². The Balaban J connectivity index is 2.27. The van der Waals surface area contributed by atoms with Crippen LogP contribution < -0.4 is 5.73 Å². The molecule has 5 heteroatoms. The van der Waals surface area contributed by atoms with Crippen molar-refractivity contribution in [1.82, 2.24) is 19.9 Å². The van der Waals surface area contributed by atoms with Crippen LogP contribution in [-0.4, -0.2) is 19.9 Å². The first-order valence-corrected chi connectivity index (χ1v) is 5.27. The first kappa shape index (κ1) is 9.77. The number of aromatic amines is 1. The second kappa shape index (κ2) is 3.55. The van der Waals surface area contributed by atoms with Crippen LogP contribution in [0.3, 0.4) is 0 Å². The van der Waals surface area contributed by atoms with Crippen molar-refractivity contribution in [3.05, 3.63) is 36.3 Å². The molecule has 0 aliphatic carbocycles. The van der Waals surface area contributed by atoms with Gasteiger partial charge >= 0.3 is 0 Å². The third-order valence-corrected chi connectivity index (χ3v) is 2.70. The molecule has 0 saturated carbocycles. The van der Waals surface area contributed by atoms with E-state index in [1.807, 2.05) is 25.1 Å². The molecule has 3 aromatic rings. The molecule has 0 aliphatic heterocycles. The van der Waals surface area contributed by atoms with Gasteiger partial charge in [-0.2, -0.15) is 0 Å². The maximum atomic E-state index is 5.98. The molecule has 84 valence electrons. The Bertz CT molecular complexity index is 633. The van der Waals surface area contributed by atoms with Crippen molar-refractivity contribution in [2.75, 3.05) is 5.73 Å². The van der Waals surface area contributed by atoms with Crippen LogP contribution in [0.4, 0.5) is 5.69 Å². The molecule has 0 amide bonds. The van der Waals surface area contributed by atoms with Gasteiger partial charge < -0.3 is 10.7 Å². The van der Waals surface area contributed by atoms with Crippen molar-refractivity contribution in [2.45, 2.75) is 6.92 Å². The molecule has 0 bridgehead atoms. The zero-order valence-corrected chi connectivity index (χ0v) is 9.31. The van der Waals surface area contributed by atoms with E-state index in [-0.39, 0.29) is 0 Å². The number of nitrogens with two attached hydrogens (primary N) is 1. The van der Waals surface area contributed by atoms with Gasteiger partial charge in [0.25, 0.3) is 0 Å². The fourth-order valence-corrected chi connectivity index (χ4v) is 1.89. The van der Waals surface area contributed by atoms with Crippen LogP contribution in [0.1, 0.15) is 5.56 Å². The number of hydrogen-bond acceptors (Lipinski definition) is 4. The van der Waals surface area contributed by atoms with Gasteiger partial charge in [0.15, 0.2) is 5.65 Å². The summed E-state index contributed by atoms with van der Waals surface area (Å²) in [4.78, 5) is 15.6. The first-order chi connectivity index (χ1) is 8.25. The minimum absolute atomic E-state index is 0.651. The van der Waals surface area contributed by atoms with E-state index in [9.17, 15) is 0 Å². The van der Waals surface area contributed by atoms with Crippen LogP contribution >= 0.6 is 0 Å². The average molecular weight is 225 g/mol. The predicted molar refractivity (Wildman–Crippen MR) is 66.3 cm³/mol. The molecule has 0 unspecified atom stereocenters. The molecule has 0 atom stereocenters. The van der Waals surface area contributed by atoms with Gasteiger partial charge in [-0.25, -0.2) is 15.0 Å². The first-order valence-electron chi connectivity index (χ1n) is 5.27. The number of imidazole rings is 1. The highest BCUT2D eigenvalue weighted by Gasteiger charge is 2.11. The molecule has 0 fully saturated rings. The molecular weight excluding hydrogens is 214 g/mol. The van der Waals surface area contributed by atoms with E-state index < -0.39 is 0 Å². The third-order valence-electron chi connectivity index (χ3n) is 2.70. The number of benzene rings is 1. The maximum absolute atomic E-state index is 5.98. The number of hydrogen-bond donors (Lipinski definition) is 2. The predicted octanol–water partition coefficient (Wildman–Crippen LogP) is 1.91. The largest absolute Gasteiger partial charge is 0.398 e. The normalized spacial score (nSPS) is 10.9. The summed E-state index contributed by atoms with van der Waals surface area (Å²) in [5.41, 5.74) is 10.1. The van der Waals surface area contributed by atoms with E-state index in [2.05, 4.69) is 19.9 Å². The number of nitrogen functional groups attached to an aromatic ring is 1. The fraction of sp³-hybridized carbons (Fsp3) is 0.0833. The molecule has 0 spiro atoms. The summed E-state index contributed by atoms with van der Waals surface area (Å²) in [5.74, 6) is 0.733. The van der Waals surface area contributed by atoms with Gasteiger partial charge in [0.05, 0.1) is 6.20 Å². The zero-order chi connectivity index (χ0) is 11.8. The Labute approximate surface area is 97.7 Å².